The molecule has 15 heteroatoms. The number of nitrogens with zero attached hydrogens (tertiary/aromatic N) is 3. The summed E-state index contributed by atoms with van der Waals surface area (Å²) in [5.41, 5.74) is 2.06. The average Bonchev–Trinajstić information content (AvgIpc) is 3.80. The summed E-state index contributed by atoms with van der Waals surface area (Å²) in [7, 11) is 5.44. The Bertz CT molecular complexity index is 1480. The summed E-state index contributed by atoms with van der Waals surface area (Å²) >= 11 is 0. The average molecular weight is 713 g/mol. The maximum atomic E-state index is 13.9. The zero-order valence-corrected chi connectivity index (χ0v) is 30.2. The molecule has 4 rings (SSSR count). The van der Waals surface area contributed by atoms with Crippen molar-refractivity contribution < 1.29 is 37.4 Å². The van der Waals surface area contributed by atoms with E-state index in [1.165, 1.54) is 0 Å². The van der Waals surface area contributed by atoms with Crippen molar-refractivity contribution in [3.05, 3.63) is 34.9 Å². The normalized spacial score (nSPS) is 23.2. The van der Waals surface area contributed by atoms with Crippen LogP contribution in [0.4, 0.5) is 8.78 Å². The molecule has 2 fully saturated rings. The van der Waals surface area contributed by atoms with E-state index >= 15 is 0 Å². The van der Waals surface area contributed by atoms with E-state index in [0.717, 1.165) is 40.9 Å². The van der Waals surface area contributed by atoms with Gasteiger partial charge in [-0.1, -0.05) is 32.0 Å². The molecular weight excluding hydrogens is 661 g/mol. The van der Waals surface area contributed by atoms with Crippen LogP contribution in [0.2, 0.25) is 0 Å². The summed E-state index contributed by atoms with van der Waals surface area (Å²) in [4.78, 5) is 54.2. The summed E-state index contributed by atoms with van der Waals surface area (Å²) in [6, 6.07) is 5.12. The van der Waals surface area contributed by atoms with Crippen molar-refractivity contribution in [3.8, 4) is 6.07 Å². The van der Waals surface area contributed by atoms with Gasteiger partial charge in [-0.25, -0.2) is 8.78 Å². The van der Waals surface area contributed by atoms with E-state index in [-0.39, 0.29) is 49.8 Å². The minimum atomic E-state index is -3.16. The van der Waals surface area contributed by atoms with Crippen molar-refractivity contribution in [1.82, 2.24) is 25.7 Å². The van der Waals surface area contributed by atoms with Crippen LogP contribution in [0.25, 0.3) is 0 Å². The molecule has 0 aromatic heterocycles. The number of nitriles is 1. The smallest absolute Gasteiger partial charge is 0.268 e. The van der Waals surface area contributed by atoms with Crippen LogP contribution in [-0.4, -0.2) is 96.9 Å². The number of carbonyl (C=O) groups is 4. The maximum Gasteiger partial charge on any atom is 0.268 e. The predicted octanol–water partition coefficient (Wildman–Crippen LogP) is 3.01. The molecule has 4 amide bonds. The lowest BCUT2D eigenvalue weighted by atomic mass is 9.96. The summed E-state index contributed by atoms with van der Waals surface area (Å²) in [6.45, 7) is 9.76. The molecule has 2 radical (unpaired) electrons. The first-order chi connectivity index (χ1) is 24.1. The highest BCUT2D eigenvalue weighted by Gasteiger charge is 2.50. The Balaban J connectivity index is 1.22. The number of amides is 4. The van der Waals surface area contributed by atoms with Crippen LogP contribution in [0.15, 0.2) is 18.2 Å². The maximum absolute atomic E-state index is 13.9. The zero-order chi connectivity index (χ0) is 37.4. The Morgan fingerprint density at radius 1 is 1.12 bits per heavy atom. The fourth-order valence-corrected chi connectivity index (χ4v) is 6.84. The summed E-state index contributed by atoms with van der Waals surface area (Å²) < 4.78 is 40.1. The summed E-state index contributed by atoms with van der Waals surface area (Å²) in [5, 5.41) is 17.4. The highest BCUT2D eigenvalue weighted by Crippen LogP contribution is 2.34. The number of hydrogen-bond donors (Lipinski definition) is 3. The van der Waals surface area contributed by atoms with Crippen LogP contribution in [0.1, 0.15) is 95.8 Å². The van der Waals surface area contributed by atoms with E-state index in [9.17, 15) is 33.2 Å². The lowest BCUT2D eigenvalue weighted by Gasteiger charge is -2.33. The molecule has 1 aromatic carbocycles. The minimum absolute atomic E-state index is 0.0119. The number of alkyl halides is 2. The van der Waals surface area contributed by atoms with Crippen molar-refractivity contribution in [2.45, 2.75) is 128 Å². The number of likely N-dealkylation sites (tertiary alicyclic amines) is 1. The Labute approximate surface area is 300 Å². The third kappa shape index (κ3) is 10.5. The molecule has 3 heterocycles. The molecule has 5 atom stereocenters. The molecule has 0 spiro atoms. The zero-order valence-electron chi connectivity index (χ0n) is 30.2. The Morgan fingerprint density at radius 2 is 1.82 bits per heavy atom. The molecule has 1 aromatic rings. The van der Waals surface area contributed by atoms with Gasteiger partial charge in [0.15, 0.2) is 7.98 Å². The second-order valence-electron chi connectivity index (χ2n) is 14.5. The molecule has 0 saturated carbocycles. The standard InChI is InChI=1S/C36H51BF2N6O6/c1-5-34(3,11-13-42-37)51-15-12-35(4,6-2)50-14-10-30(46)41-20-24-8-7-9-25-21-44(22-28(24)25)31(47)17-26-16-29(43-32(26)48)33(49)45-23-36(38,39)18-27(45)19-40/h7-9,26-27,29,42H,5-6,10-18,20-23H2,1-4H3,(H,41,46)(H,43,48)/t26-,27-,29-,34?,35?/m0/s1. The molecule has 2 unspecified atom stereocenters. The monoisotopic (exact) mass is 712 g/mol. The minimum Gasteiger partial charge on any atom is -0.375 e. The lowest BCUT2D eigenvalue weighted by molar-refractivity contribution is -0.135. The molecule has 278 valence electrons. The molecule has 0 aliphatic carbocycles. The highest BCUT2D eigenvalue weighted by atomic mass is 19.3. The van der Waals surface area contributed by atoms with E-state index in [1.807, 2.05) is 25.1 Å². The van der Waals surface area contributed by atoms with Gasteiger partial charge in [0, 0.05) is 44.8 Å². The van der Waals surface area contributed by atoms with Gasteiger partial charge in [0.1, 0.15) is 12.1 Å². The highest BCUT2D eigenvalue weighted by molar-refractivity contribution is 6.04. The Hall–Kier alpha value is -3.61. The van der Waals surface area contributed by atoms with E-state index in [2.05, 4.69) is 36.6 Å². The number of halogens is 2. The summed E-state index contributed by atoms with van der Waals surface area (Å²) in [5.74, 6) is -5.61. The van der Waals surface area contributed by atoms with Gasteiger partial charge in [-0.15, -0.1) is 0 Å². The van der Waals surface area contributed by atoms with Gasteiger partial charge in [-0.05, 0) is 69.2 Å². The van der Waals surface area contributed by atoms with Crippen molar-refractivity contribution in [3.63, 3.8) is 0 Å². The Morgan fingerprint density at radius 3 is 2.51 bits per heavy atom. The van der Waals surface area contributed by atoms with E-state index in [0.29, 0.717) is 32.7 Å². The first kappa shape index (κ1) is 40.2. The van der Waals surface area contributed by atoms with Crippen LogP contribution in [-0.2, 0) is 48.3 Å². The molecule has 3 aliphatic rings. The third-order valence-corrected chi connectivity index (χ3v) is 10.7. The van der Waals surface area contributed by atoms with Crippen LogP contribution in [0.3, 0.4) is 0 Å². The number of nitrogens with one attached hydrogen (secondary N) is 3. The molecular formula is C36H51BF2N6O6. The van der Waals surface area contributed by atoms with Gasteiger partial charge in [-0.2, -0.15) is 5.26 Å². The first-order valence-electron chi connectivity index (χ1n) is 17.9. The lowest BCUT2D eigenvalue weighted by Crippen LogP contribution is -2.46. The second kappa shape index (κ2) is 17.3. The van der Waals surface area contributed by atoms with Gasteiger partial charge < -0.3 is 35.1 Å². The van der Waals surface area contributed by atoms with Crippen LogP contribution in [0, 0.1) is 17.2 Å². The molecule has 12 nitrogen and oxygen atoms in total. The van der Waals surface area contributed by atoms with Gasteiger partial charge in [-0.3, -0.25) is 19.2 Å². The fourth-order valence-electron chi connectivity index (χ4n) is 6.84. The van der Waals surface area contributed by atoms with Crippen LogP contribution >= 0.6 is 0 Å². The molecule has 3 N–H and O–H groups in total. The number of benzene rings is 1. The van der Waals surface area contributed by atoms with Crippen LogP contribution in [0.5, 0.6) is 0 Å². The van der Waals surface area contributed by atoms with Gasteiger partial charge in [0.2, 0.25) is 23.6 Å². The van der Waals surface area contributed by atoms with Crippen molar-refractivity contribution in [2.75, 3.05) is 26.3 Å². The van der Waals surface area contributed by atoms with Crippen molar-refractivity contribution >= 4 is 31.6 Å². The molecule has 3 aliphatic heterocycles. The molecule has 51 heavy (non-hydrogen) atoms. The van der Waals surface area contributed by atoms with Gasteiger partial charge in [0.25, 0.3) is 5.92 Å². The number of carbonyl (C=O) groups excluding carboxylic acids is 4. The van der Waals surface area contributed by atoms with Gasteiger partial charge in [0.05, 0.1) is 37.0 Å². The van der Waals surface area contributed by atoms with E-state index in [4.69, 9.17) is 17.5 Å². The summed E-state index contributed by atoms with van der Waals surface area (Å²) in [6.07, 6.45) is 2.41. The Kier molecular flexibility index (Phi) is 13.6. The molecule has 0 bridgehead atoms. The SMILES string of the molecule is [B]NCCC(C)(CC)OCCC(C)(CC)OCCC(=O)NCc1cccc2c1CN(C(=O)C[C@@H]1C[C@@H](C(=O)N3CC(F)(F)C[C@H]3C#N)NC1=O)C2. The van der Waals surface area contributed by atoms with Gasteiger partial charge >= 0.3 is 0 Å². The molecule has 2 saturated heterocycles. The fraction of sp³-hybridized carbons (Fsp3) is 0.694. The number of rotatable bonds is 18. The van der Waals surface area contributed by atoms with Crippen molar-refractivity contribution in [2.24, 2.45) is 5.92 Å². The third-order valence-electron chi connectivity index (χ3n) is 10.7. The first-order valence-corrected chi connectivity index (χ1v) is 17.9. The number of hydrogen-bond acceptors (Lipinski definition) is 8. The van der Waals surface area contributed by atoms with Crippen molar-refractivity contribution in [1.29, 1.82) is 5.26 Å². The topological polar surface area (TPSA) is 153 Å². The van der Waals surface area contributed by atoms with E-state index < -0.39 is 54.3 Å². The number of ether oxygens (including phenoxy) is 2. The largest absolute Gasteiger partial charge is 0.375 e. The number of fused-ring (bicyclic) bond motifs is 1. The predicted molar refractivity (Wildman–Crippen MR) is 185 cm³/mol. The van der Waals surface area contributed by atoms with Crippen LogP contribution < -0.4 is 15.9 Å². The van der Waals surface area contributed by atoms with E-state index in [1.54, 1.807) is 11.0 Å². The quantitative estimate of drug-likeness (QED) is 0.197. The second-order valence-corrected chi connectivity index (χ2v) is 14.5.